The molecule has 0 amide bonds. The van der Waals surface area contributed by atoms with Crippen molar-refractivity contribution in [1.29, 1.82) is 0 Å². The van der Waals surface area contributed by atoms with Crippen LogP contribution in [0.15, 0.2) is 12.4 Å². The third-order valence-corrected chi connectivity index (χ3v) is 6.74. The van der Waals surface area contributed by atoms with Gasteiger partial charge in [-0.05, 0) is 23.2 Å². The van der Waals surface area contributed by atoms with Crippen LogP contribution < -0.4 is 10.2 Å². The molecule has 0 radical (unpaired) electrons. The van der Waals surface area contributed by atoms with Crippen molar-refractivity contribution in [2.75, 3.05) is 18.4 Å². The van der Waals surface area contributed by atoms with E-state index in [2.05, 4.69) is 20.1 Å². The lowest BCUT2D eigenvalue weighted by Crippen LogP contribution is -2.26. The Morgan fingerprint density at radius 1 is 1.25 bits per heavy atom. The van der Waals surface area contributed by atoms with Crippen molar-refractivity contribution < 1.29 is 18.9 Å². The van der Waals surface area contributed by atoms with Crippen molar-refractivity contribution in [1.82, 2.24) is 29.3 Å². The van der Waals surface area contributed by atoms with Crippen LogP contribution in [-0.2, 0) is 29.1 Å². The molecule has 0 aliphatic carbocycles. The molecular weight excluding hydrogens is 490 g/mol. The highest BCUT2D eigenvalue weighted by molar-refractivity contribution is 7.54. The summed E-state index contributed by atoms with van der Waals surface area (Å²) in [6.45, 7) is 2.01. The highest BCUT2D eigenvalue weighted by Crippen LogP contribution is 2.44. The van der Waals surface area contributed by atoms with Gasteiger partial charge >= 0.3 is 19.6 Å². The predicted octanol–water partition coefficient (Wildman–Crippen LogP) is 2.87. The number of nitro groups is 2. The molecule has 0 aliphatic heterocycles. The summed E-state index contributed by atoms with van der Waals surface area (Å²) in [4.78, 5) is 28.9. The van der Waals surface area contributed by atoms with Crippen molar-refractivity contribution in [3.63, 3.8) is 0 Å². The second kappa shape index (κ2) is 11.7. The van der Waals surface area contributed by atoms with Gasteiger partial charge in [-0.1, -0.05) is 9.97 Å². The fourth-order valence-electron chi connectivity index (χ4n) is 3.14. The zero-order valence-corrected chi connectivity index (χ0v) is 19.7. The number of hydrogen-bond donors (Lipinski definition) is 2. The lowest BCUT2D eigenvalue weighted by atomic mass is 10.1. The van der Waals surface area contributed by atoms with E-state index in [9.17, 15) is 24.8 Å². The molecule has 2 N–H and O–H groups in total. The summed E-state index contributed by atoms with van der Waals surface area (Å²) in [7, 11) is -2.15. The van der Waals surface area contributed by atoms with Crippen molar-refractivity contribution in [2.24, 2.45) is 7.05 Å². The van der Waals surface area contributed by atoms with E-state index >= 15 is 0 Å². The maximum Gasteiger partial charge on any atom is 0.434 e. The van der Waals surface area contributed by atoms with Crippen molar-refractivity contribution in [3.05, 3.63) is 44.0 Å². The zero-order valence-electron chi connectivity index (χ0n) is 17.3. The summed E-state index contributed by atoms with van der Waals surface area (Å²) < 4.78 is 21.3. The van der Waals surface area contributed by atoms with Gasteiger partial charge in [-0.3, -0.25) is 9.09 Å². The smallest absolute Gasteiger partial charge is 0.390 e. The second-order valence-electron chi connectivity index (χ2n) is 6.53. The van der Waals surface area contributed by atoms with Gasteiger partial charge in [0.1, 0.15) is 24.2 Å². The molecule has 0 aromatic carbocycles. The number of rotatable bonds is 14. The quantitative estimate of drug-likeness (QED) is 0.126. The summed E-state index contributed by atoms with van der Waals surface area (Å²) in [6, 6.07) is -0.165. The van der Waals surface area contributed by atoms with E-state index in [0.29, 0.717) is 17.8 Å². The van der Waals surface area contributed by atoms with Crippen LogP contribution in [0.1, 0.15) is 30.8 Å². The Bertz CT molecular complexity index is 999. The third-order valence-electron chi connectivity index (χ3n) is 4.40. The number of alkyl halides is 2. The molecule has 2 aromatic heterocycles. The van der Waals surface area contributed by atoms with Gasteiger partial charge in [0.25, 0.3) is 0 Å². The van der Waals surface area contributed by atoms with E-state index in [-0.39, 0.29) is 37.3 Å². The van der Waals surface area contributed by atoms with Crippen LogP contribution in [-0.4, -0.2) is 47.4 Å². The van der Waals surface area contributed by atoms with Crippen molar-refractivity contribution in [2.45, 2.75) is 32.4 Å². The number of hydrogen-bond acceptors (Lipinski definition) is 8. The molecule has 0 spiro atoms. The van der Waals surface area contributed by atoms with Gasteiger partial charge in [0.2, 0.25) is 0 Å². The molecule has 0 fully saturated rings. The van der Waals surface area contributed by atoms with Crippen LogP contribution in [0.3, 0.4) is 0 Å². The molecule has 2 heterocycles. The Hall–Kier alpha value is -2.09. The number of aryl methyl sites for hydroxylation is 2. The Kier molecular flexibility index (Phi) is 9.55. The van der Waals surface area contributed by atoms with Crippen LogP contribution in [0, 0.1) is 20.2 Å². The van der Waals surface area contributed by atoms with Crippen molar-refractivity contribution >= 4 is 42.8 Å². The van der Waals surface area contributed by atoms with Gasteiger partial charge in [0.05, 0.1) is 19.6 Å². The van der Waals surface area contributed by atoms with E-state index in [1.165, 1.54) is 28.6 Å². The predicted molar refractivity (Wildman–Crippen MR) is 117 cm³/mol. The van der Waals surface area contributed by atoms with E-state index < -0.39 is 29.6 Å². The summed E-state index contributed by atoms with van der Waals surface area (Å²) in [5.41, 5.74) is 0.699. The average molecular weight is 513 g/mol. The molecule has 14 nitrogen and oxygen atoms in total. The summed E-state index contributed by atoms with van der Waals surface area (Å²) in [5, 5.41) is 27.6. The first-order valence-corrected chi connectivity index (χ1v) is 12.1. The van der Waals surface area contributed by atoms with Gasteiger partial charge in [-0.15, -0.1) is 23.2 Å². The average Bonchev–Trinajstić information content (AvgIpc) is 3.31. The number of imidazole rings is 2. The third kappa shape index (κ3) is 6.47. The fourth-order valence-corrected chi connectivity index (χ4v) is 5.21. The summed E-state index contributed by atoms with van der Waals surface area (Å²) >= 11 is 11.3. The maximum absolute atomic E-state index is 13.0. The minimum atomic E-state index is -3.61. The SMILES string of the molecule is CC(OP(=O)(NCCl)NCCCl)c1c(CCCn2ccnc2[N+](=O)[O-])nc([N+](=O)[O-])n1C. The van der Waals surface area contributed by atoms with Gasteiger partial charge < -0.3 is 20.2 Å². The summed E-state index contributed by atoms with van der Waals surface area (Å²) in [5.74, 6) is -0.533. The topological polar surface area (TPSA) is 172 Å². The minimum Gasteiger partial charge on any atom is -0.390 e. The molecule has 2 aromatic rings. The Morgan fingerprint density at radius 2 is 1.94 bits per heavy atom. The van der Waals surface area contributed by atoms with Crippen LogP contribution in [0.25, 0.3) is 0 Å². The number of nitrogens with zero attached hydrogens (tertiary/aromatic N) is 6. The first-order chi connectivity index (χ1) is 15.1. The number of aromatic nitrogens is 4. The monoisotopic (exact) mass is 512 g/mol. The zero-order chi connectivity index (χ0) is 23.9. The standard InChI is InChI=1S/C15H23Cl2N8O6P/c1-11(31-32(30,20-10-17)19-6-5-16)13-12(21-15(22(13)2)25(28)29)4-3-8-23-9-7-18-14(23)24(26)27/h7,9,11H,3-6,8,10H2,1-2H3,(H2,19,20,30). The number of nitrogens with one attached hydrogen (secondary N) is 2. The van der Waals surface area contributed by atoms with Gasteiger partial charge in [0.15, 0.2) is 5.69 Å². The Labute approximate surface area is 193 Å². The van der Waals surface area contributed by atoms with E-state index in [0.717, 1.165) is 0 Å². The van der Waals surface area contributed by atoms with Crippen LogP contribution in [0.5, 0.6) is 0 Å². The minimum absolute atomic E-state index is 0.165. The Morgan fingerprint density at radius 3 is 2.53 bits per heavy atom. The van der Waals surface area contributed by atoms with Crippen molar-refractivity contribution in [3.8, 4) is 0 Å². The van der Waals surface area contributed by atoms with Gasteiger partial charge in [-0.25, -0.2) is 19.3 Å². The summed E-state index contributed by atoms with van der Waals surface area (Å²) in [6.07, 6.45) is 2.56. The first-order valence-electron chi connectivity index (χ1n) is 9.39. The number of halogens is 2. The highest BCUT2D eigenvalue weighted by Gasteiger charge is 2.33. The first kappa shape index (κ1) is 26.2. The molecule has 17 heteroatoms. The molecule has 2 rings (SSSR count). The second-order valence-corrected chi connectivity index (χ2v) is 9.12. The Balaban J connectivity index is 2.25. The highest BCUT2D eigenvalue weighted by atomic mass is 35.5. The molecular formula is C15H23Cl2N8O6P. The fraction of sp³-hybridized carbons (Fsp3) is 0.600. The van der Waals surface area contributed by atoms with Gasteiger partial charge in [0, 0.05) is 18.8 Å². The lowest BCUT2D eigenvalue weighted by Gasteiger charge is -2.22. The van der Waals surface area contributed by atoms with Crippen LogP contribution in [0.4, 0.5) is 11.9 Å². The van der Waals surface area contributed by atoms with Crippen LogP contribution in [0.2, 0.25) is 0 Å². The van der Waals surface area contributed by atoms with E-state index in [4.69, 9.17) is 27.7 Å². The van der Waals surface area contributed by atoms with E-state index in [1.807, 2.05) is 0 Å². The largest absolute Gasteiger partial charge is 0.434 e. The molecule has 0 saturated heterocycles. The van der Waals surface area contributed by atoms with Crippen LogP contribution >= 0.6 is 30.9 Å². The molecule has 2 unspecified atom stereocenters. The van der Waals surface area contributed by atoms with E-state index in [1.54, 1.807) is 6.92 Å². The molecule has 0 aliphatic rings. The molecule has 2 atom stereocenters. The molecule has 0 saturated carbocycles. The maximum atomic E-state index is 13.0. The normalized spacial score (nSPS) is 14.2. The molecule has 32 heavy (non-hydrogen) atoms. The lowest BCUT2D eigenvalue weighted by molar-refractivity contribution is -0.396. The molecule has 0 bridgehead atoms. The van der Waals surface area contributed by atoms with Gasteiger partial charge in [-0.2, -0.15) is 0 Å². The molecule has 178 valence electrons.